The maximum absolute atomic E-state index is 11.9. The molecule has 26 heavy (non-hydrogen) atoms. The van der Waals surface area contributed by atoms with Crippen molar-refractivity contribution in [2.45, 2.75) is 18.8 Å². The van der Waals surface area contributed by atoms with E-state index in [2.05, 4.69) is 9.30 Å². The van der Waals surface area contributed by atoms with E-state index < -0.39 is 10.0 Å². The molecule has 0 aliphatic carbocycles. The minimum Gasteiger partial charge on any atom is -0.457 e. The van der Waals surface area contributed by atoms with E-state index in [-0.39, 0.29) is 11.7 Å². The fraction of sp³-hybridized carbons (Fsp3) is 0.316. The average molecular weight is 391 g/mol. The molecule has 7 heteroatoms. The van der Waals surface area contributed by atoms with Crippen LogP contribution < -0.4 is 4.74 Å². The molecule has 0 aromatic heterocycles. The average Bonchev–Trinajstić information content (AvgIpc) is 2.63. The Labute approximate surface area is 158 Å². The number of piperidine rings is 1. The molecule has 0 saturated carbocycles. The maximum Gasteiger partial charge on any atom is 0.256 e. The van der Waals surface area contributed by atoms with Crippen LogP contribution in [0.15, 0.2) is 52.9 Å². The number of benzene rings is 2. The molecule has 0 amide bonds. The number of rotatable bonds is 3. The summed E-state index contributed by atoms with van der Waals surface area (Å²) in [7, 11) is -3.34. The molecule has 0 radical (unpaired) electrons. The predicted molar refractivity (Wildman–Crippen MR) is 103 cm³/mol. The van der Waals surface area contributed by atoms with Crippen molar-refractivity contribution in [1.29, 1.82) is 0 Å². The molecule has 2 aliphatic rings. The van der Waals surface area contributed by atoms with Gasteiger partial charge in [0.2, 0.25) is 0 Å². The van der Waals surface area contributed by atoms with Gasteiger partial charge < -0.3 is 9.64 Å². The van der Waals surface area contributed by atoms with Crippen molar-refractivity contribution < 1.29 is 13.2 Å². The smallest absolute Gasteiger partial charge is 0.256 e. The minimum absolute atomic E-state index is 0.0170. The lowest BCUT2D eigenvalue weighted by Crippen LogP contribution is -2.46. The van der Waals surface area contributed by atoms with Crippen molar-refractivity contribution in [1.82, 2.24) is 4.90 Å². The van der Waals surface area contributed by atoms with Crippen LogP contribution in [0.25, 0.3) is 0 Å². The molecule has 136 valence electrons. The number of amidine groups is 1. The molecule has 2 aromatic rings. The lowest BCUT2D eigenvalue weighted by Gasteiger charge is -2.37. The van der Waals surface area contributed by atoms with Crippen LogP contribution in [0.3, 0.4) is 0 Å². The zero-order valence-corrected chi connectivity index (χ0v) is 15.7. The highest BCUT2D eigenvalue weighted by atomic mass is 35.5. The fourth-order valence-electron chi connectivity index (χ4n) is 3.43. The van der Waals surface area contributed by atoms with Crippen LogP contribution in [0, 0.1) is 0 Å². The van der Waals surface area contributed by atoms with Gasteiger partial charge in [-0.05, 0) is 54.8 Å². The van der Waals surface area contributed by atoms with Gasteiger partial charge in [-0.15, -0.1) is 4.40 Å². The number of ether oxygens (including phenoxy) is 1. The van der Waals surface area contributed by atoms with Crippen LogP contribution in [0.1, 0.15) is 24.3 Å². The summed E-state index contributed by atoms with van der Waals surface area (Å²) in [5.41, 5.74) is 1.06. The molecular formula is C19H19ClN2O3S. The quantitative estimate of drug-likeness (QED) is 0.793. The molecule has 4 rings (SSSR count). The molecule has 1 unspecified atom stereocenters. The summed E-state index contributed by atoms with van der Waals surface area (Å²) in [6.07, 6.45) is 1.94. The first-order chi connectivity index (χ1) is 12.5. The molecule has 1 fully saturated rings. The standard InChI is InChI=1S/C19H19ClN2O3S/c20-15-5-9-17(10-6-15)25-16-7-3-14(4-8-16)18-2-1-11-22-12-13-26(23,24)21-19(18)22/h3-10,18H,1-2,11-13H2. The first kappa shape index (κ1) is 17.4. The summed E-state index contributed by atoms with van der Waals surface area (Å²) in [4.78, 5) is 2.10. The van der Waals surface area contributed by atoms with Crippen LogP contribution in [-0.4, -0.2) is 38.0 Å². The number of hydrogen-bond acceptors (Lipinski definition) is 4. The Bertz CT molecular complexity index is 924. The zero-order valence-electron chi connectivity index (χ0n) is 14.1. The second kappa shape index (κ2) is 6.93. The predicted octanol–water partition coefficient (Wildman–Crippen LogP) is 4.05. The van der Waals surface area contributed by atoms with E-state index in [9.17, 15) is 8.42 Å². The van der Waals surface area contributed by atoms with Crippen LogP contribution in [0.4, 0.5) is 0 Å². The molecule has 0 spiro atoms. The third kappa shape index (κ3) is 3.71. The van der Waals surface area contributed by atoms with Gasteiger partial charge >= 0.3 is 0 Å². The van der Waals surface area contributed by atoms with E-state index in [0.717, 1.165) is 30.7 Å². The summed E-state index contributed by atoms with van der Waals surface area (Å²) in [6, 6.07) is 15.0. The van der Waals surface area contributed by atoms with Gasteiger partial charge in [-0.3, -0.25) is 0 Å². The fourth-order valence-corrected chi connectivity index (χ4v) is 4.63. The van der Waals surface area contributed by atoms with Crippen LogP contribution in [0.2, 0.25) is 5.02 Å². The third-order valence-corrected chi connectivity index (χ3v) is 6.16. The Hall–Kier alpha value is -2.05. The number of fused-ring (bicyclic) bond motifs is 1. The van der Waals surface area contributed by atoms with Gasteiger partial charge in [0, 0.05) is 24.0 Å². The highest BCUT2D eigenvalue weighted by Crippen LogP contribution is 2.33. The van der Waals surface area contributed by atoms with Gasteiger partial charge in [0.1, 0.15) is 17.3 Å². The van der Waals surface area contributed by atoms with Gasteiger partial charge in [-0.25, -0.2) is 8.42 Å². The van der Waals surface area contributed by atoms with E-state index in [1.807, 2.05) is 36.4 Å². The molecular weight excluding hydrogens is 372 g/mol. The Morgan fingerprint density at radius 1 is 1.00 bits per heavy atom. The van der Waals surface area contributed by atoms with Crippen molar-refractivity contribution >= 4 is 27.5 Å². The summed E-state index contributed by atoms with van der Waals surface area (Å²) >= 11 is 5.88. The summed E-state index contributed by atoms with van der Waals surface area (Å²) in [6.45, 7) is 1.41. The number of halogens is 1. The van der Waals surface area contributed by atoms with Crippen molar-refractivity contribution in [3.05, 3.63) is 59.1 Å². The molecule has 0 N–H and O–H groups in total. The highest BCUT2D eigenvalue weighted by Gasteiger charge is 2.33. The second-order valence-corrected chi connectivity index (χ2v) is 8.73. The topological polar surface area (TPSA) is 59.0 Å². The van der Waals surface area contributed by atoms with Crippen molar-refractivity contribution in [2.24, 2.45) is 4.40 Å². The molecule has 1 saturated heterocycles. The molecule has 0 bridgehead atoms. The van der Waals surface area contributed by atoms with Crippen LogP contribution in [-0.2, 0) is 10.0 Å². The highest BCUT2D eigenvalue weighted by molar-refractivity contribution is 7.90. The SMILES string of the molecule is O=S1(=O)CCN2CCCC(c3ccc(Oc4ccc(Cl)cc4)cc3)C2=N1. The monoisotopic (exact) mass is 390 g/mol. The Morgan fingerprint density at radius 3 is 2.35 bits per heavy atom. The van der Waals surface area contributed by atoms with E-state index in [1.54, 1.807) is 12.1 Å². The molecule has 2 aliphatic heterocycles. The van der Waals surface area contributed by atoms with Crippen molar-refractivity contribution in [3.63, 3.8) is 0 Å². The van der Waals surface area contributed by atoms with Gasteiger partial charge in [0.05, 0.1) is 5.75 Å². The van der Waals surface area contributed by atoms with Crippen molar-refractivity contribution in [3.8, 4) is 11.5 Å². The van der Waals surface area contributed by atoms with Crippen LogP contribution in [0.5, 0.6) is 11.5 Å². The number of nitrogens with zero attached hydrogens (tertiary/aromatic N) is 2. The molecule has 2 aromatic carbocycles. The number of hydrogen-bond donors (Lipinski definition) is 0. The van der Waals surface area contributed by atoms with E-state index in [1.165, 1.54) is 0 Å². The van der Waals surface area contributed by atoms with E-state index in [4.69, 9.17) is 16.3 Å². The Kier molecular flexibility index (Phi) is 4.63. The first-order valence-corrected chi connectivity index (χ1v) is 10.6. The largest absolute Gasteiger partial charge is 0.457 e. The Morgan fingerprint density at radius 2 is 1.65 bits per heavy atom. The summed E-state index contributed by atoms with van der Waals surface area (Å²) in [5, 5.41) is 0.665. The third-order valence-electron chi connectivity index (χ3n) is 4.74. The first-order valence-electron chi connectivity index (χ1n) is 8.61. The lowest BCUT2D eigenvalue weighted by molar-refractivity contribution is 0.366. The second-order valence-electron chi connectivity index (χ2n) is 6.54. The van der Waals surface area contributed by atoms with Crippen molar-refractivity contribution in [2.75, 3.05) is 18.8 Å². The van der Waals surface area contributed by atoms with Gasteiger partial charge in [0.25, 0.3) is 10.0 Å². The van der Waals surface area contributed by atoms with E-state index in [0.29, 0.717) is 23.2 Å². The zero-order chi connectivity index (χ0) is 18.1. The number of sulfonamides is 1. The van der Waals surface area contributed by atoms with Gasteiger partial charge in [-0.1, -0.05) is 23.7 Å². The summed E-state index contributed by atoms with van der Waals surface area (Å²) in [5.74, 6) is 2.25. The summed E-state index contributed by atoms with van der Waals surface area (Å²) < 4.78 is 33.7. The van der Waals surface area contributed by atoms with Crippen LogP contribution >= 0.6 is 11.6 Å². The normalized spacial score (nSPS) is 21.7. The Balaban J connectivity index is 1.56. The molecule has 5 nitrogen and oxygen atoms in total. The molecule has 2 heterocycles. The van der Waals surface area contributed by atoms with Gasteiger partial charge in [-0.2, -0.15) is 0 Å². The van der Waals surface area contributed by atoms with Gasteiger partial charge in [0.15, 0.2) is 0 Å². The van der Waals surface area contributed by atoms with E-state index >= 15 is 0 Å². The minimum atomic E-state index is -3.34. The maximum atomic E-state index is 11.9. The lowest BCUT2D eigenvalue weighted by atomic mass is 9.89. The molecule has 1 atom stereocenters.